The van der Waals surface area contributed by atoms with Crippen LogP contribution >= 0.6 is 0 Å². The maximum atomic E-state index is 7.01. The third-order valence-corrected chi connectivity index (χ3v) is 27.5. The van der Waals surface area contributed by atoms with E-state index in [4.69, 9.17) is 4.12 Å². The van der Waals surface area contributed by atoms with E-state index in [-0.39, 0.29) is 0 Å². The lowest BCUT2D eigenvalue weighted by molar-refractivity contribution is 0.541. The summed E-state index contributed by atoms with van der Waals surface area (Å²) in [5, 5.41) is 0. The maximum Gasteiger partial charge on any atom is 0.173 e. The minimum atomic E-state index is -1.51. The highest BCUT2D eigenvalue weighted by molar-refractivity contribution is 6.88. The van der Waals surface area contributed by atoms with Crippen LogP contribution in [-0.4, -0.2) is 32.8 Å². The Bertz CT molecular complexity index is 310. The van der Waals surface area contributed by atoms with Crippen LogP contribution in [0.25, 0.3) is 0 Å². The van der Waals surface area contributed by atoms with E-state index < -0.39 is 32.8 Å². The van der Waals surface area contributed by atoms with E-state index in [9.17, 15) is 0 Å². The monoisotopic (exact) mass is 418 g/mol. The predicted molar refractivity (Wildman–Crippen MR) is 130 cm³/mol. The minimum absolute atomic E-state index is 0.991. The summed E-state index contributed by atoms with van der Waals surface area (Å²) in [6.45, 7) is 24.7. The summed E-state index contributed by atoms with van der Waals surface area (Å²) >= 11 is 0. The van der Waals surface area contributed by atoms with Gasteiger partial charge in [0.25, 0.3) is 0 Å². The molecule has 0 spiro atoms. The molecule has 0 aromatic heterocycles. The van der Waals surface area contributed by atoms with E-state index in [1.54, 1.807) is 0 Å². The molecule has 0 N–H and O–H groups in total. The van der Waals surface area contributed by atoms with Crippen LogP contribution in [0.1, 0.15) is 41.5 Å². The lowest BCUT2D eigenvalue weighted by atomic mass is 10.9. The summed E-state index contributed by atoms with van der Waals surface area (Å²) in [6.07, 6.45) is 0. The van der Waals surface area contributed by atoms with Crippen LogP contribution in [0, 0.1) is 0 Å². The van der Waals surface area contributed by atoms with Crippen molar-refractivity contribution in [3.8, 4) is 0 Å². The molecule has 0 heterocycles. The summed E-state index contributed by atoms with van der Waals surface area (Å²) in [5.74, 6) is 0. The molecule has 0 aliphatic rings. The van der Waals surface area contributed by atoms with Crippen LogP contribution in [0.5, 0.6) is 0 Å². The van der Waals surface area contributed by atoms with Crippen molar-refractivity contribution >= 4 is 32.8 Å². The smallest absolute Gasteiger partial charge is 0.173 e. The molecular formula is C20H50OSi4. The first-order valence-electron chi connectivity index (χ1n) is 11.2. The van der Waals surface area contributed by atoms with Gasteiger partial charge in [-0.2, -0.15) is 0 Å². The molecule has 0 rings (SSSR count). The van der Waals surface area contributed by atoms with Crippen molar-refractivity contribution < 1.29 is 4.12 Å². The van der Waals surface area contributed by atoms with E-state index in [1.807, 2.05) is 0 Å². The van der Waals surface area contributed by atoms with Crippen molar-refractivity contribution in [1.82, 2.24) is 0 Å². The van der Waals surface area contributed by atoms with E-state index in [2.05, 4.69) is 67.7 Å². The van der Waals surface area contributed by atoms with Gasteiger partial charge in [0.1, 0.15) is 0 Å². The van der Waals surface area contributed by atoms with E-state index in [0.29, 0.717) is 0 Å². The largest absolute Gasteiger partial charge is 0.456 e. The standard InChI is InChI=1S/C20H50OSi4/c1-11-24(12-2,13-3)19-17-22(7,8)21-23(9,10)18-20-25(14-4,15-5)16-6/h11-20H2,1-10H3. The highest BCUT2D eigenvalue weighted by Gasteiger charge is 2.37. The zero-order chi connectivity index (χ0) is 19.8. The summed E-state index contributed by atoms with van der Waals surface area (Å²) < 4.78 is 7.01. The number of rotatable bonds is 14. The summed E-state index contributed by atoms with van der Waals surface area (Å²) in [4.78, 5) is 0. The Morgan fingerprint density at radius 1 is 0.440 bits per heavy atom. The quantitative estimate of drug-likeness (QED) is 0.257. The molecule has 0 unspecified atom stereocenters. The van der Waals surface area contributed by atoms with E-state index in [0.717, 1.165) is 0 Å². The molecule has 0 fully saturated rings. The molecule has 1 nitrogen and oxygen atoms in total. The van der Waals surface area contributed by atoms with Crippen LogP contribution in [-0.2, 0) is 4.12 Å². The van der Waals surface area contributed by atoms with Crippen molar-refractivity contribution in [1.29, 1.82) is 0 Å². The molecule has 0 aliphatic heterocycles. The molecule has 0 atom stereocenters. The fourth-order valence-electron chi connectivity index (χ4n) is 4.54. The van der Waals surface area contributed by atoms with Gasteiger partial charge in [0.15, 0.2) is 16.6 Å². The molecule has 0 saturated carbocycles. The van der Waals surface area contributed by atoms with Crippen LogP contribution in [0.4, 0.5) is 0 Å². The average Bonchev–Trinajstić information content (AvgIpc) is 2.57. The first kappa shape index (κ1) is 25.8. The van der Waals surface area contributed by atoms with E-state index >= 15 is 0 Å². The Labute approximate surface area is 165 Å². The molecule has 0 saturated heterocycles. The Hall–Kier alpha value is 0.828. The van der Waals surface area contributed by atoms with E-state index in [1.165, 1.54) is 60.4 Å². The third kappa shape index (κ3) is 8.58. The van der Waals surface area contributed by atoms with Gasteiger partial charge < -0.3 is 4.12 Å². The Kier molecular flexibility index (Phi) is 11.3. The summed E-state index contributed by atoms with van der Waals surface area (Å²) in [5.41, 5.74) is 0. The average molecular weight is 419 g/mol. The van der Waals surface area contributed by atoms with Crippen molar-refractivity contribution in [2.45, 2.75) is 128 Å². The van der Waals surface area contributed by atoms with Gasteiger partial charge in [-0.25, -0.2) is 0 Å². The first-order chi connectivity index (χ1) is 11.5. The third-order valence-electron chi connectivity index (χ3n) is 7.57. The Morgan fingerprint density at radius 2 is 0.680 bits per heavy atom. The van der Waals surface area contributed by atoms with Gasteiger partial charge in [-0.15, -0.1) is 0 Å². The predicted octanol–water partition coefficient (Wildman–Crippen LogP) is 8.43. The fraction of sp³-hybridized carbons (Fsp3) is 1.00. The second-order valence-electron chi connectivity index (χ2n) is 9.74. The zero-order valence-corrected chi connectivity index (χ0v) is 23.5. The van der Waals surface area contributed by atoms with Crippen LogP contribution in [0.15, 0.2) is 0 Å². The van der Waals surface area contributed by atoms with Gasteiger partial charge in [-0.3, -0.25) is 0 Å². The normalized spacial score (nSPS) is 14.2. The summed E-state index contributed by atoms with van der Waals surface area (Å²) in [6, 6.07) is 14.6. The Morgan fingerprint density at radius 3 is 0.880 bits per heavy atom. The fourth-order valence-corrected chi connectivity index (χ4v) is 25.5. The van der Waals surface area contributed by atoms with Gasteiger partial charge >= 0.3 is 0 Å². The van der Waals surface area contributed by atoms with Crippen molar-refractivity contribution in [2.75, 3.05) is 0 Å². The maximum absolute atomic E-state index is 7.01. The van der Waals surface area contributed by atoms with Crippen LogP contribution < -0.4 is 0 Å². The molecule has 0 bridgehead atoms. The Balaban J connectivity index is 4.79. The first-order valence-corrected chi connectivity index (χ1v) is 23.1. The lowest BCUT2D eigenvalue weighted by Crippen LogP contribution is -2.47. The summed E-state index contributed by atoms with van der Waals surface area (Å²) in [7, 11) is -5.01. The second kappa shape index (κ2) is 11.0. The van der Waals surface area contributed by atoms with Gasteiger partial charge in [-0.1, -0.05) is 89.9 Å². The van der Waals surface area contributed by atoms with Gasteiger partial charge in [0.2, 0.25) is 0 Å². The number of hydrogen-bond donors (Lipinski definition) is 0. The topological polar surface area (TPSA) is 9.23 Å². The van der Waals surface area contributed by atoms with Crippen molar-refractivity contribution in [2.24, 2.45) is 0 Å². The minimum Gasteiger partial charge on any atom is -0.456 e. The molecule has 25 heavy (non-hydrogen) atoms. The van der Waals surface area contributed by atoms with Crippen LogP contribution in [0.3, 0.4) is 0 Å². The second-order valence-corrected chi connectivity index (χ2v) is 29.8. The highest BCUT2D eigenvalue weighted by atomic mass is 28.4. The zero-order valence-electron chi connectivity index (χ0n) is 19.5. The molecule has 0 aromatic carbocycles. The highest BCUT2D eigenvalue weighted by Crippen LogP contribution is 2.34. The molecular weight excluding hydrogens is 369 g/mol. The van der Waals surface area contributed by atoms with Gasteiger partial charge in [0, 0.05) is 0 Å². The van der Waals surface area contributed by atoms with Crippen molar-refractivity contribution in [3.63, 3.8) is 0 Å². The molecule has 0 amide bonds. The number of hydrogen-bond acceptors (Lipinski definition) is 1. The van der Waals surface area contributed by atoms with Crippen LogP contribution in [0.2, 0.25) is 86.6 Å². The van der Waals surface area contributed by atoms with Crippen molar-refractivity contribution in [3.05, 3.63) is 0 Å². The SMILES string of the molecule is CC[Si](CC)(CC)CC[Si](C)(C)O[Si](C)(C)CC[Si](CC)(CC)CC. The van der Waals surface area contributed by atoms with Gasteiger partial charge in [0.05, 0.1) is 16.1 Å². The molecule has 0 radical (unpaired) electrons. The molecule has 5 heteroatoms. The van der Waals surface area contributed by atoms with Gasteiger partial charge in [-0.05, 0) is 38.3 Å². The molecule has 0 aliphatic carbocycles. The lowest BCUT2D eigenvalue weighted by Gasteiger charge is -2.39. The molecule has 152 valence electrons. The molecule has 0 aromatic rings.